The van der Waals surface area contributed by atoms with Crippen molar-refractivity contribution in [1.29, 1.82) is 0 Å². The summed E-state index contributed by atoms with van der Waals surface area (Å²) in [7, 11) is -1.28. The Labute approximate surface area is 145 Å². The molecule has 0 spiro atoms. The molecule has 1 aliphatic carbocycles. The molecule has 0 aromatic carbocycles. The fourth-order valence-electron chi connectivity index (χ4n) is 3.01. The van der Waals surface area contributed by atoms with E-state index in [0.29, 0.717) is 12.3 Å². The van der Waals surface area contributed by atoms with Crippen LogP contribution < -0.4 is 5.32 Å². The minimum absolute atomic E-state index is 0.357. The first-order valence-electron chi connectivity index (χ1n) is 8.50. The van der Waals surface area contributed by atoms with Crippen molar-refractivity contribution in [1.82, 2.24) is 5.32 Å². The first-order chi connectivity index (χ1) is 11.1. The Morgan fingerprint density at radius 2 is 1.75 bits per heavy atom. The van der Waals surface area contributed by atoms with E-state index in [4.69, 9.17) is 13.8 Å². The maximum absolute atomic E-state index is 12.5. The van der Waals surface area contributed by atoms with Crippen LogP contribution in [0.5, 0.6) is 0 Å². The van der Waals surface area contributed by atoms with E-state index in [2.05, 4.69) is 5.32 Å². The zero-order chi connectivity index (χ0) is 18.4. The van der Waals surface area contributed by atoms with E-state index in [0.717, 1.165) is 25.7 Å². The van der Waals surface area contributed by atoms with E-state index >= 15 is 0 Å². The molecular formula is C16H32NO6P. The molecule has 8 heteroatoms. The van der Waals surface area contributed by atoms with Crippen LogP contribution in [-0.2, 0) is 18.3 Å². The Morgan fingerprint density at radius 3 is 2.21 bits per heavy atom. The fourth-order valence-corrected chi connectivity index (χ4v) is 4.23. The lowest BCUT2D eigenvalue weighted by atomic mass is 9.85. The maximum Gasteiger partial charge on any atom is 0.407 e. The summed E-state index contributed by atoms with van der Waals surface area (Å²) in [5.41, 5.74) is -0.656. The largest absolute Gasteiger partial charge is 0.444 e. The lowest BCUT2D eigenvalue weighted by Gasteiger charge is -2.32. The summed E-state index contributed by atoms with van der Waals surface area (Å²) < 4.78 is 27.6. The van der Waals surface area contributed by atoms with Crippen molar-refractivity contribution < 1.29 is 28.3 Å². The van der Waals surface area contributed by atoms with E-state index in [1.807, 2.05) is 0 Å². The Morgan fingerprint density at radius 1 is 1.21 bits per heavy atom. The normalized spacial score (nSPS) is 19.6. The van der Waals surface area contributed by atoms with Gasteiger partial charge in [0.15, 0.2) is 5.85 Å². The summed E-state index contributed by atoms with van der Waals surface area (Å²) in [4.78, 5) is 12.1. The van der Waals surface area contributed by atoms with Gasteiger partial charge in [-0.1, -0.05) is 32.1 Å². The van der Waals surface area contributed by atoms with Gasteiger partial charge in [-0.3, -0.25) is 4.57 Å². The number of amides is 1. The SMILES string of the molecule is COP(=O)(OC)C(O)[C@H](CC1CCCCC1)NC(=O)OC(C)(C)C. The molecule has 0 bridgehead atoms. The van der Waals surface area contributed by atoms with Crippen molar-refractivity contribution in [2.24, 2.45) is 5.92 Å². The zero-order valence-electron chi connectivity index (χ0n) is 15.4. The molecular weight excluding hydrogens is 333 g/mol. The number of nitrogens with one attached hydrogen (secondary N) is 1. The topological polar surface area (TPSA) is 94.1 Å². The van der Waals surface area contributed by atoms with Crippen LogP contribution in [0, 0.1) is 5.92 Å². The molecule has 24 heavy (non-hydrogen) atoms. The number of aliphatic hydroxyl groups is 1. The molecule has 0 saturated heterocycles. The van der Waals surface area contributed by atoms with Gasteiger partial charge in [0.1, 0.15) is 5.60 Å². The van der Waals surface area contributed by atoms with Gasteiger partial charge in [-0.05, 0) is 33.1 Å². The van der Waals surface area contributed by atoms with Gasteiger partial charge in [-0.15, -0.1) is 0 Å². The summed E-state index contributed by atoms with van der Waals surface area (Å²) in [6.07, 6.45) is 5.39. The third-order valence-electron chi connectivity index (χ3n) is 4.21. The standard InChI is InChI=1S/C16H32NO6P/c1-16(2,3)23-15(19)17-13(11-12-9-7-6-8-10-12)14(18)24(20,21-4)22-5/h12-14,18H,6-11H2,1-5H3,(H,17,19)/t13-,14?/m0/s1. The lowest BCUT2D eigenvalue weighted by molar-refractivity contribution is 0.0433. The predicted molar refractivity (Wildman–Crippen MR) is 92.0 cm³/mol. The molecule has 2 N–H and O–H groups in total. The predicted octanol–water partition coefficient (Wildman–Crippen LogP) is 3.65. The molecule has 1 aliphatic rings. The summed E-state index contributed by atoms with van der Waals surface area (Å²) in [6.45, 7) is 5.27. The average Bonchev–Trinajstić information content (AvgIpc) is 2.52. The van der Waals surface area contributed by atoms with Gasteiger partial charge in [-0.2, -0.15) is 0 Å². The lowest BCUT2D eigenvalue weighted by Crippen LogP contribution is -2.46. The zero-order valence-corrected chi connectivity index (χ0v) is 16.3. The monoisotopic (exact) mass is 365 g/mol. The van der Waals surface area contributed by atoms with Gasteiger partial charge in [0.2, 0.25) is 0 Å². The average molecular weight is 365 g/mol. The number of carbonyl (C=O) groups excluding carboxylic acids is 1. The fraction of sp³-hybridized carbons (Fsp3) is 0.938. The van der Waals surface area contributed by atoms with E-state index in [9.17, 15) is 14.5 Å². The summed E-state index contributed by atoms with van der Waals surface area (Å²) in [5.74, 6) is -1.09. The van der Waals surface area contributed by atoms with Crippen LogP contribution in [0.2, 0.25) is 0 Å². The first-order valence-corrected chi connectivity index (χ1v) is 10.1. The molecule has 1 fully saturated rings. The van der Waals surface area contributed by atoms with Gasteiger partial charge >= 0.3 is 13.7 Å². The number of rotatable bonds is 7. The number of aliphatic hydroxyl groups excluding tert-OH is 1. The Hall–Kier alpha value is -0.620. The summed E-state index contributed by atoms with van der Waals surface area (Å²) in [5, 5.41) is 13.2. The molecule has 1 amide bonds. The van der Waals surface area contributed by atoms with Crippen LogP contribution in [0.15, 0.2) is 0 Å². The highest BCUT2D eigenvalue weighted by molar-refractivity contribution is 7.54. The van der Waals surface area contributed by atoms with Gasteiger partial charge in [0, 0.05) is 14.2 Å². The molecule has 2 atom stereocenters. The summed E-state index contributed by atoms with van der Waals surface area (Å²) in [6, 6.07) is -0.756. The minimum Gasteiger partial charge on any atom is -0.444 e. The quantitative estimate of drug-likeness (QED) is 0.669. The van der Waals surface area contributed by atoms with Gasteiger partial charge < -0.3 is 24.2 Å². The molecule has 0 aromatic rings. The highest BCUT2D eigenvalue weighted by Crippen LogP contribution is 2.52. The maximum atomic E-state index is 12.5. The van der Waals surface area contributed by atoms with Crippen molar-refractivity contribution >= 4 is 13.7 Å². The molecule has 0 aromatic heterocycles. The van der Waals surface area contributed by atoms with Crippen molar-refractivity contribution in [3.8, 4) is 0 Å². The van der Waals surface area contributed by atoms with Crippen LogP contribution in [-0.4, -0.2) is 42.9 Å². The van der Waals surface area contributed by atoms with E-state index < -0.39 is 31.2 Å². The van der Waals surface area contributed by atoms with E-state index in [1.54, 1.807) is 20.8 Å². The number of alkyl carbamates (subject to hydrolysis) is 1. The van der Waals surface area contributed by atoms with Crippen molar-refractivity contribution in [3.05, 3.63) is 0 Å². The van der Waals surface area contributed by atoms with E-state index in [1.165, 1.54) is 20.6 Å². The number of hydrogen-bond donors (Lipinski definition) is 2. The van der Waals surface area contributed by atoms with Crippen LogP contribution in [0.4, 0.5) is 4.79 Å². The Bertz CT molecular complexity index is 436. The van der Waals surface area contributed by atoms with Crippen LogP contribution >= 0.6 is 7.60 Å². The Balaban J connectivity index is 2.85. The van der Waals surface area contributed by atoms with Crippen LogP contribution in [0.25, 0.3) is 0 Å². The number of carbonyl (C=O) groups is 1. The molecule has 0 radical (unpaired) electrons. The third kappa shape index (κ3) is 6.71. The second-order valence-electron chi connectivity index (χ2n) is 7.31. The van der Waals surface area contributed by atoms with E-state index in [-0.39, 0.29) is 0 Å². The third-order valence-corrected chi connectivity index (χ3v) is 6.23. The minimum atomic E-state index is -3.72. The Kier molecular flexibility index (Phi) is 8.20. The smallest absolute Gasteiger partial charge is 0.407 e. The molecule has 7 nitrogen and oxygen atoms in total. The van der Waals surface area contributed by atoms with Crippen molar-refractivity contribution in [2.45, 2.75) is 76.8 Å². The molecule has 1 unspecified atom stereocenters. The molecule has 1 rings (SSSR count). The van der Waals surface area contributed by atoms with Crippen LogP contribution in [0.1, 0.15) is 59.3 Å². The number of hydrogen-bond acceptors (Lipinski definition) is 6. The molecule has 0 aliphatic heterocycles. The second kappa shape index (κ2) is 9.18. The number of ether oxygens (including phenoxy) is 1. The highest BCUT2D eigenvalue weighted by Gasteiger charge is 2.41. The molecule has 0 heterocycles. The molecule has 142 valence electrons. The molecule has 1 saturated carbocycles. The first kappa shape index (κ1) is 21.4. The second-order valence-corrected chi connectivity index (χ2v) is 9.65. The van der Waals surface area contributed by atoms with Gasteiger partial charge in [-0.25, -0.2) is 4.79 Å². The van der Waals surface area contributed by atoms with Crippen molar-refractivity contribution in [2.75, 3.05) is 14.2 Å². The van der Waals surface area contributed by atoms with Gasteiger partial charge in [0.25, 0.3) is 0 Å². The summed E-state index contributed by atoms with van der Waals surface area (Å²) >= 11 is 0. The highest BCUT2D eigenvalue weighted by atomic mass is 31.2. The van der Waals surface area contributed by atoms with Gasteiger partial charge in [0.05, 0.1) is 6.04 Å². The van der Waals surface area contributed by atoms with Crippen molar-refractivity contribution in [3.63, 3.8) is 0 Å². The van der Waals surface area contributed by atoms with Crippen LogP contribution in [0.3, 0.4) is 0 Å².